The molecule has 0 rings (SSSR count). The number of carbonyl (C=O) groups excluding carboxylic acids is 3. The molecule has 410 valence electrons. The molecule has 0 aliphatic carbocycles. The van der Waals surface area contributed by atoms with Crippen LogP contribution in [-0.4, -0.2) is 37.2 Å². The average molecular weight is 992 g/mol. The Morgan fingerprint density at radius 2 is 0.521 bits per heavy atom. The molecule has 0 heterocycles. The van der Waals surface area contributed by atoms with Gasteiger partial charge in [-0.05, 0) is 96.3 Å². The number of hydrogen-bond acceptors (Lipinski definition) is 6. The van der Waals surface area contributed by atoms with Crippen LogP contribution in [0.3, 0.4) is 0 Å². The molecule has 0 saturated carbocycles. The van der Waals surface area contributed by atoms with Crippen LogP contribution in [0.15, 0.2) is 72.9 Å². The van der Waals surface area contributed by atoms with E-state index in [-0.39, 0.29) is 31.1 Å². The Morgan fingerprint density at radius 3 is 0.831 bits per heavy atom. The summed E-state index contributed by atoms with van der Waals surface area (Å²) in [6.45, 7) is 6.61. The summed E-state index contributed by atoms with van der Waals surface area (Å²) >= 11 is 0. The fourth-order valence-electron chi connectivity index (χ4n) is 8.61. The Bertz CT molecular complexity index is 1320. The molecule has 0 aliphatic heterocycles. The van der Waals surface area contributed by atoms with E-state index < -0.39 is 6.10 Å². The first-order valence-corrected chi connectivity index (χ1v) is 30.5. The summed E-state index contributed by atoms with van der Waals surface area (Å²) in [6.07, 6.45) is 76.0. The summed E-state index contributed by atoms with van der Waals surface area (Å²) in [6, 6.07) is 0. The SMILES string of the molecule is CCCCCCC\C=C/C=C\C=C/CCCCCCCC(=O)OCC(COC(=O)CCCCCCCCC/C=C\CCCCCCCC)OC(=O)CCCCCCC/C=C\C=C/CCCCCCCCC. The highest BCUT2D eigenvalue weighted by molar-refractivity contribution is 5.71. The van der Waals surface area contributed by atoms with Gasteiger partial charge >= 0.3 is 17.9 Å². The van der Waals surface area contributed by atoms with Crippen LogP contribution in [0.25, 0.3) is 0 Å². The highest BCUT2D eigenvalue weighted by Crippen LogP contribution is 2.15. The zero-order valence-electron chi connectivity index (χ0n) is 47.0. The van der Waals surface area contributed by atoms with E-state index in [9.17, 15) is 14.4 Å². The van der Waals surface area contributed by atoms with E-state index in [1.165, 1.54) is 167 Å². The topological polar surface area (TPSA) is 78.9 Å². The molecule has 6 heteroatoms. The number of esters is 3. The Kier molecular flexibility index (Phi) is 56.8. The van der Waals surface area contributed by atoms with E-state index in [1.807, 2.05) is 0 Å². The standard InChI is InChI=1S/C65H114O6/c1-4-7-10-13-16-19-22-25-28-31-34-37-40-43-46-49-52-55-58-64(67)70-61-62(60-69-63(66)57-54-51-48-45-42-39-36-33-30-27-24-21-18-15-12-9-6-3)71-65(68)59-56-53-50-47-44-41-38-35-32-29-26-23-20-17-14-11-8-5-2/h22,25,27-32,34-35,37-38,62H,4-21,23-24,26,33,36,39-61H2,1-3H3/b25-22-,30-27-,31-28-,32-29-,37-34-,38-35-. The Labute approximate surface area is 440 Å². The van der Waals surface area contributed by atoms with Gasteiger partial charge in [0.05, 0.1) is 0 Å². The third-order valence-electron chi connectivity index (χ3n) is 13.2. The molecule has 1 atom stereocenters. The van der Waals surface area contributed by atoms with Crippen molar-refractivity contribution in [2.45, 2.75) is 309 Å². The lowest BCUT2D eigenvalue weighted by Gasteiger charge is -2.18. The van der Waals surface area contributed by atoms with Gasteiger partial charge in [-0.15, -0.1) is 0 Å². The van der Waals surface area contributed by atoms with E-state index in [2.05, 4.69) is 93.7 Å². The lowest BCUT2D eigenvalue weighted by Crippen LogP contribution is -2.30. The van der Waals surface area contributed by atoms with E-state index in [0.717, 1.165) is 96.3 Å². The highest BCUT2D eigenvalue weighted by atomic mass is 16.6. The van der Waals surface area contributed by atoms with Crippen LogP contribution >= 0.6 is 0 Å². The van der Waals surface area contributed by atoms with Crippen LogP contribution in [0.1, 0.15) is 303 Å². The second-order valence-electron chi connectivity index (χ2n) is 20.3. The van der Waals surface area contributed by atoms with Crippen LogP contribution in [0.2, 0.25) is 0 Å². The highest BCUT2D eigenvalue weighted by Gasteiger charge is 2.19. The van der Waals surface area contributed by atoms with Crippen LogP contribution < -0.4 is 0 Å². The molecule has 1 unspecified atom stereocenters. The van der Waals surface area contributed by atoms with Crippen molar-refractivity contribution in [3.05, 3.63) is 72.9 Å². The monoisotopic (exact) mass is 991 g/mol. The van der Waals surface area contributed by atoms with E-state index in [0.29, 0.717) is 19.3 Å². The molecule has 71 heavy (non-hydrogen) atoms. The fraction of sp³-hybridized carbons (Fsp3) is 0.769. The smallest absolute Gasteiger partial charge is 0.306 e. The van der Waals surface area contributed by atoms with Gasteiger partial charge in [0.1, 0.15) is 13.2 Å². The van der Waals surface area contributed by atoms with Gasteiger partial charge in [-0.2, -0.15) is 0 Å². The average Bonchev–Trinajstić information content (AvgIpc) is 3.37. The van der Waals surface area contributed by atoms with Crippen molar-refractivity contribution in [1.29, 1.82) is 0 Å². The first-order valence-electron chi connectivity index (χ1n) is 30.5. The first-order chi connectivity index (χ1) is 35.0. The maximum absolute atomic E-state index is 12.9. The van der Waals surface area contributed by atoms with Crippen molar-refractivity contribution in [2.75, 3.05) is 13.2 Å². The van der Waals surface area contributed by atoms with Crippen LogP contribution in [-0.2, 0) is 28.6 Å². The fourth-order valence-corrected chi connectivity index (χ4v) is 8.61. The third-order valence-corrected chi connectivity index (χ3v) is 13.2. The molecule has 0 aromatic rings. The first kappa shape index (κ1) is 67.8. The minimum absolute atomic E-state index is 0.0901. The minimum atomic E-state index is -0.795. The molecule has 0 aromatic heterocycles. The molecule has 0 fully saturated rings. The van der Waals surface area contributed by atoms with Gasteiger partial charge in [0.25, 0.3) is 0 Å². The molecule has 0 saturated heterocycles. The van der Waals surface area contributed by atoms with Crippen LogP contribution in [0.5, 0.6) is 0 Å². The molecule has 0 aromatic carbocycles. The van der Waals surface area contributed by atoms with Gasteiger partial charge < -0.3 is 14.2 Å². The van der Waals surface area contributed by atoms with Gasteiger partial charge in [-0.25, -0.2) is 0 Å². The lowest BCUT2D eigenvalue weighted by molar-refractivity contribution is -0.167. The molecule has 6 nitrogen and oxygen atoms in total. The van der Waals surface area contributed by atoms with E-state index >= 15 is 0 Å². The number of hydrogen-bond donors (Lipinski definition) is 0. The molecule has 0 spiro atoms. The quantitative estimate of drug-likeness (QED) is 0.0199. The van der Waals surface area contributed by atoms with Crippen molar-refractivity contribution in [2.24, 2.45) is 0 Å². The van der Waals surface area contributed by atoms with Gasteiger partial charge in [-0.3, -0.25) is 14.4 Å². The maximum Gasteiger partial charge on any atom is 0.306 e. The molecule has 0 radical (unpaired) electrons. The molecular formula is C65H114O6. The van der Waals surface area contributed by atoms with Crippen molar-refractivity contribution in [1.82, 2.24) is 0 Å². The minimum Gasteiger partial charge on any atom is -0.462 e. The van der Waals surface area contributed by atoms with Crippen LogP contribution in [0.4, 0.5) is 0 Å². The summed E-state index contributed by atoms with van der Waals surface area (Å²) in [4.78, 5) is 38.2. The van der Waals surface area contributed by atoms with Crippen LogP contribution in [0, 0.1) is 0 Å². The van der Waals surface area contributed by atoms with Gasteiger partial charge in [0, 0.05) is 19.3 Å². The third kappa shape index (κ3) is 57.6. The van der Waals surface area contributed by atoms with Crippen molar-refractivity contribution < 1.29 is 28.6 Å². The molecule has 0 amide bonds. The summed E-state index contributed by atoms with van der Waals surface area (Å²) in [5, 5.41) is 0. The maximum atomic E-state index is 12.9. The number of unbranched alkanes of at least 4 members (excludes halogenated alkanes) is 35. The molecular weight excluding hydrogens is 877 g/mol. The van der Waals surface area contributed by atoms with Gasteiger partial charge in [0.2, 0.25) is 0 Å². The zero-order chi connectivity index (χ0) is 51.4. The zero-order valence-corrected chi connectivity index (χ0v) is 47.0. The second kappa shape index (κ2) is 59.4. The largest absolute Gasteiger partial charge is 0.462 e. The van der Waals surface area contributed by atoms with E-state index in [1.54, 1.807) is 0 Å². The van der Waals surface area contributed by atoms with Crippen molar-refractivity contribution in [3.63, 3.8) is 0 Å². The van der Waals surface area contributed by atoms with Crippen molar-refractivity contribution >= 4 is 17.9 Å². The normalized spacial score (nSPS) is 12.5. The number of carbonyl (C=O) groups is 3. The number of allylic oxidation sites excluding steroid dienone is 12. The Morgan fingerprint density at radius 1 is 0.282 bits per heavy atom. The Hall–Kier alpha value is -3.15. The summed E-state index contributed by atoms with van der Waals surface area (Å²) in [5.41, 5.74) is 0. The second-order valence-corrected chi connectivity index (χ2v) is 20.3. The summed E-state index contributed by atoms with van der Waals surface area (Å²) < 4.78 is 16.9. The number of ether oxygens (including phenoxy) is 3. The molecule has 0 aliphatic rings. The summed E-state index contributed by atoms with van der Waals surface area (Å²) in [7, 11) is 0. The Balaban J connectivity index is 4.45. The number of rotatable bonds is 55. The van der Waals surface area contributed by atoms with Gasteiger partial charge in [0.15, 0.2) is 6.10 Å². The van der Waals surface area contributed by atoms with Gasteiger partial charge in [-0.1, -0.05) is 261 Å². The van der Waals surface area contributed by atoms with E-state index in [4.69, 9.17) is 14.2 Å². The molecule has 0 bridgehead atoms. The predicted octanol–water partition coefficient (Wildman–Crippen LogP) is 20.5. The van der Waals surface area contributed by atoms with Crippen molar-refractivity contribution in [3.8, 4) is 0 Å². The predicted molar refractivity (Wildman–Crippen MR) is 307 cm³/mol. The molecule has 0 N–H and O–H groups in total. The lowest BCUT2D eigenvalue weighted by atomic mass is 10.1. The summed E-state index contributed by atoms with van der Waals surface area (Å²) in [5.74, 6) is -0.918.